The molecule has 0 radical (unpaired) electrons. The molecule has 2 heterocycles. The maximum Gasteiger partial charge on any atom is 0.138 e. The van der Waals surface area contributed by atoms with Crippen LogP contribution in [0.2, 0.25) is 0 Å². The van der Waals surface area contributed by atoms with Crippen molar-refractivity contribution < 1.29 is 0 Å². The number of aryl methyl sites for hydroxylation is 2. The van der Waals surface area contributed by atoms with Crippen molar-refractivity contribution >= 4 is 17.0 Å². The molecule has 5 rings (SSSR count). The van der Waals surface area contributed by atoms with Gasteiger partial charge in [-0.2, -0.15) is 0 Å². The fourth-order valence-electron chi connectivity index (χ4n) is 4.92. The first kappa shape index (κ1) is 18.8. The third-order valence-electron chi connectivity index (χ3n) is 6.08. The number of rotatable bonds is 2. The zero-order valence-electron chi connectivity index (χ0n) is 18.4. The summed E-state index contributed by atoms with van der Waals surface area (Å²) in [6.07, 6.45) is 7.43. The Kier molecular flexibility index (Phi) is 4.19. The molecule has 1 atom stereocenters. The molecule has 1 unspecified atom stereocenters. The first-order valence-corrected chi connectivity index (χ1v) is 10.7. The van der Waals surface area contributed by atoms with Crippen LogP contribution < -0.4 is 10.2 Å². The van der Waals surface area contributed by atoms with Gasteiger partial charge in [0.15, 0.2) is 0 Å². The minimum atomic E-state index is 0.0485. The van der Waals surface area contributed by atoms with Gasteiger partial charge in [0.1, 0.15) is 6.17 Å². The number of allylic oxidation sites excluding steroid dienone is 2. The van der Waals surface area contributed by atoms with Crippen LogP contribution in [0.25, 0.3) is 11.3 Å². The SMILES string of the molecule is Cc1cccc(C)c1C1=CNC2C3=C=C=CC=C3c3cc(CC(C)(C)C)ccc3N12. The number of fused-ring (bicyclic) bond motifs is 6. The van der Waals surface area contributed by atoms with Crippen molar-refractivity contribution in [3.63, 3.8) is 0 Å². The molecule has 1 aliphatic carbocycles. The summed E-state index contributed by atoms with van der Waals surface area (Å²) in [6.45, 7) is 11.3. The Morgan fingerprint density at radius 3 is 2.57 bits per heavy atom. The molecule has 2 nitrogen and oxygen atoms in total. The fraction of sp³-hybridized carbons (Fsp3) is 0.286. The lowest BCUT2D eigenvalue weighted by Crippen LogP contribution is -2.42. The monoisotopic (exact) mass is 392 g/mol. The highest BCUT2D eigenvalue weighted by atomic mass is 15.3. The molecule has 0 fully saturated rings. The van der Waals surface area contributed by atoms with Crippen molar-refractivity contribution in [3.05, 3.63) is 99.6 Å². The van der Waals surface area contributed by atoms with E-state index in [4.69, 9.17) is 0 Å². The summed E-state index contributed by atoms with van der Waals surface area (Å²) in [7, 11) is 0. The average Bonchev–Trinajstić information content (AvgIpc) is 3.12. The Balaban J connectivity index is 1.70. The lowest BCUT2D eigenvalue weighted by Gasteiger charge is -2.38. The summed E-state index contributed by atoms with van der Waals surface area (Å²) in [4.78, 5) is 2.44. The molecule has 2 aromatic carbocycles. The Bertz CT molecular complexity index is 1200. The van der Waals surface area contributed by atoms with Crippen LogP contribution in [-0.2, 0) is 6.42 Å². The lowest BCUT2D eigenvalue weighted by atomic mass is 9.83. The third-order valence-corrected chi connectivity index (χ3v) is 6.08. The van der Waals surface area contributed by atoms with E-state index in [1.54, 1.807) is 0 Å². The van der Waals surface area contributed by atoms with Crippen molar-refractivity contribution in [3.8, 4) is 0 Å². The minimum absolute atomic E-state index is 0.0485. The normalized spacial score (nSPS) is 18.8. The summed E-state index contributed by atoms with van der Waals surface area (Å²) < 4.78 is 0. The maximum absolute atomic E-state index is 3.62. The number of hydrogen-bond acceptors (Lipinski definition) is 2. The van der Waals surface area contributed by atoms with Crippen LogP contribution in [0.1, 0.15) is 48.6 Å². The van der Waals surface area contributed by atoms with E-state index in [-0.39, 0.29) is 11.6 Å². The highest BCUT2D eigenvalue weighted by Crippen LogP contribution is 2.47. The molecule has 0 amide bonds. The van der Waals surface area contributed by atoms with E-state index < -0.39 is 0 Å². The van der Waals surface area contributed by atoms with Crippen LogP contribution in [0.15, 0.2) is 71.8 Å². The van der Waals surface area contributed by atoms with Gasteiger partial charge in [0.05, 0.1) is 17.0 Å². The molecule has 0 aromatic heterocycles. The zero-order chi connectivity index (χ0) is 21.0. The van der Waals surface area contributed by atoms with Gasteiger partial charge in [-0.15, -0.1) is 0 Å². The van der Waals surface area contributed by atoms with E-state index in [0.717, 1.165) is 12.0 Å². The van der Waals surface area contributed by atoms with Gasteiger partial charge >= 0.3 is 0 Å². The molecule has 3 aliphatic rings. The number of nitrogens with one attached hydrogen (secondary N) is 1. The highest BCUT2D eigenvalue weighted by Gasteiger charge is 2.39. The molecule has 0 saturated carbocycles. The molecule has 2 aliphatic heterocycles. The summed E-state index contributed by atoms with van der Waals surface area (Å²) in [5, 5.41) is 3.62. The van der Waals surface area contributed by atoms with Crippen LogP contribution in [0.5, 0.6) is 0 Å². The predicted octanol–water partition coefficient (Wildman–Crippen LogP) is 6.27. The van der Waals surface area contributed by atoms with Crippen LogP contribution >= 0.6 is 0 Å². The summed E-state index contributed by atoms with van der Waals surface area (Å²) in [5.41, 5.74) is 18.3. The quantitative estimate of drug-likeness (QED) is 0.606. The minimum Gasteiger partial charge on any atom is -0.365 e. The summed E-state index contributed by atoms with van der Waals surface area (Å²) in [6, 6.07) is 13.5. The number of hydrogen-bond donors (Lipinski definition) is 1. The van der Waals surface area contributed by atoms with Crippen molar-refractivity contribution in [1.29, 1.82) is 0 Å². The van der Waals surface area contributed by atoms with E-state index in [0.29, 0.717) is 0 Å². The first-order chi connectivity index (χ1) is 14.3. The molecule has 1 N–H and O–H groups in total. The molecule has 0 bridgehead atoms. The fourth-order valence-corrected chi connectivity index (χ4v) is 4.92. The van der Waals surface area contributed by atoms with Crippen LogP contribution in [0.3, 0.4) is 0 Å². The zero-order valence-corrected chi connectivity index (χ0v) is 18.4. The van der Waals surface area contributed by atoms with E-state index in [1.807, 2.05) is 6.08 Å². The Hall–Kier alpha value is -3.18. The van der Waals surface area contributed by atoms with Crippen molar-refractivity contribution in [2.45, 2.75) is 47.2 Å². The number of benzene rings is 2. The molecule has 2 aromatic rings. The second-order valence-corrected chi connectivity index (χ2v) is 9.75. The average molecular weight is 393 g/mol. The summed E-state index contributed by atoms with van der Waals surface area (Å²) in [5.74, 6) is 0. The number of anilines is 1. The van der Waals surface area contributed by atoms with Crippen molar-refractivity contribution in [1.82, 2.24) is 5.32 Å². The molecule has 0 saturated heterocycles. The molecule has 0 spiro atoms. The van der Waals surface area contributed by atoms with Gasteiger partial charge in [-0.05, 0) is 72.2 Å². The Labute approximate surface area is 179 Å². The second kappa shape index (κ2) is 6.67. The van der Waals surface area contributed by atoms with Gasteiger partial charge < -0.3 is 10.2 Å². The molecular weight excluding hydrogens is 364 g/mol. The molecule has 150 valence electrons. The molecular formula is C28H28N2. The van der Waals surface area contributed by atoms with Crippen LogP contribution in [0, 0.1) is 19.3 Å². The Morgan fingerprint density at radius 1 is 1.07 bits per heavy atom. The van der Waals surface area contributed by atoms with Gasteiger partial charge in [-0.3, -0.25) is 0 Å². The summed E-state index contributed by atoms with van der Waals surface area (Å²) >= 11 is 0. The first-order valence-electron chi connectivity index (χ1n) is 10.7. The smallest absolute Gasteiger partial charge is 0.138 e. The second-order valence-electron chi connectivity index (χ2n) is 9.75. The van der Waals surface area contributed by atoms with Gasteiger partial charge in [0, 0.05) is 17.3 Å². The van der Waals surface area contributed by atoms with Crippen LogP contribution in [0.4, 0.5) is 5.69 Å². The van der Waals surface area contributed by atoms with Crippen molar-refractivity contribution in [2.75, 3.05) is 4.90 Å². The standard InChI is InChI=1S/C28H28N2/c1-18-9-8-10-19(2)26(18)25-17-29-27-22-12-7-6-11-21(22)23-15-20(16-28(3,4)5)13-14-24(23)30(25)27/h6,8-11,13-15,17,27,29H,16H2,1-5H3. The number of nitrogens with zero attached hydrogens (tertiary/aromatic N) is 1. The third kappa shape index (κ3) is 2.97. The molecule has 30 heavy (non-hydrogen) atoms. The van der Waals surface area contributed by atoms with Gasteiger partial charge in [0.2, 0.25) is 0 Å². The molecule has 2 heteroatoms. The predicted molar refractivity (Wildman–Crippen MR) is 126 cm³/mol. The van der Waals surface area contributed by atoms with Crippen LogP contribution in [-0.4, -0.2) is 6.17 Å². The maximum atomic E-state index is 3.62. The highest BCUT2D eigenvalue weighted by molar-refractivity contribution is 5.99. The van der Waals surface area contributed by atoms with E-state index in [9.17, 15) is 0 Å². The van der Waals surface area contributed by atoms with E-state index in [1.165, 1.54) is 44.8 Å². The van der Waals surface area contributed by atoms with Gasteiger partial charge in [-0.1, -0.05) is 56.5 Å². The Morgan fingerprint density at radius 2 is 1.83 bits per heavy atom. The topological polar surface area (TPSA) is 15.3 Å². The van der Waals surface area contributed by atoms with E-state index >= 15 is 0 Å². The van der Waals surface area contributed by atoms with Crippen molar-refractivity contribution in [2.24, 2.45) is 5.41 Å². The lowest BCUT2D eigenvalue weighted by molar-refractivity contribution is 0.411. The van der Waals surface area contributed by atoms with Gasteiger partial charge in [0.25, 0.3) is 0 Å². The van der Waals surface area contributed by atoms with Gasteiger partial charge in [-0.25, -0.2) is 0 Å². The largest absolute Gasteiger partial charge is 0.365 e. The van der Waals surface area contributed by atoms with E-state index in [2.05, 4.69) is 105 Å².